The highest BCUT2D eigenvalue weighted by Crippen LogP contribution is 2.25. The number of sulfonamides is 1. The van der Waals surface area contributed by atoms with Crippen molar-refractivity contribution in [3.63, 3.8) is 0 Å². The highest BCUT2D eigenvalue weighted by atomic mass is 35.5. The molecule has 100 valence electrons. The molecule has 1 aromatic heterocycles. The van der Waals surface area contributed by atoms with Crippen molar-refractivity contribution >= 4 is 21.6 Å². The molecule has 1 aliphatic heterocycles. The van der Waals surface area contributed by atoms with Gasteiger partial charge in [0.1, 0.15) is 10.0 Å². The van der Waals surface area contributed by atoms with Crippen LogP contribution in [0.3, 0.4) is 0 Å². The summed E-state index contributed by atoms with van der Waals surface area (Å²) in [6.07, 6.45) is 4.37. The maximum Gasteiger partial charge on any atom is 0.246 e. The Labute approximate surface area is 113 Å². The van der Waals surface area contributed by atoms with E-state index in [9.17, 15) is 8.42 Å². The van der Waals surface area contributed by atoms with Gasteiger partial charge in [0, 0.05) is 19.3 Å². The summed E-state index contributed by atoms with van der Waals surface area (Å²) >= 11 is 5.88. The average Bonchev–Trinajstić information content (AvgIpc) is 2.54. The third-order valence-corrected chi connectivity index (χ3v) is 5.66. The minimum Gasteiger partial charge on any atom is -0.243 e. The Morgan fingerprint density at radius 1 is 1.39 bits per heavy atom. The van der Waals surface area contributed by atoms with Crippen LogP contribution in [0, 0.1) is 5.92 Å². The molecule has 1 saturated heterocycles. The molecule has 1 aliphatic rings. The predicted octanol–water partition coefficient (Wildman–Crippen LogP) is 2.55. The minimum absolute atomic E-state index is 0.0507. The van der Waals surface area contributed by atoms with E-state index in [-0.39, 0.29) is 10.0 Å². The van der Waals surface area contributed by atoms with Crippen molar-refractivity contribution < 1.29 is 8.42 Å². The maximum absolute atomic E-state index is 12.5. The van der Waals surface area contributed by atoms with E-state index in [2.05, 4.69) is 11.9 Å². The Balaban J connectivity index is 2.28. The number of pyridine rings is 1. The van der Waals surface area contributed by atoms with Gasteiger partial charge in [0.25, 0.3) is 0 Å². The normalized spacial score (nSPS) is 22.7. The van der Waals surface area contributed by atoms with Crippen molar-refractivity contribution in [2.45, 2.75) is 31.1 Å². The van der Waals surface area contributed by atoms with Crippen LogP contribution in [-0.2, 0) is 10.0 Å². The van der Waals surface area contributed by atoms with Gasteiger partial charge in [0.2, 0.25) is 10.0 Å². The summed E-state index contributed by atoms with van der Waals surface area (Å²) in [5.74, 6) is 0.578. The zero-order valence-corrected chi connectivity index (χ0v) is 11.9. The topological polar surface area (TPSA) is 50.3 Å². The predicted molar refractivity (Wildman–Crippen MR) is 71.0 cm³/mol. The summed E-state index contributed by atoms with van der Waals surface area (Å²) in [4.78, 5) is 3.95. The van der Waals surface area contributed by atoms with E-state index in [1.165, 1.54) is 16.6 Å². The Morgan fingerprint density at radius 3 is 2.89 bits per heavy atom. The molecule has 0 aliphatic carbocycles. The van der Waals surface area contributed by atoms with E-state index in [4.69, 9.17) is 11.6 Å². The Bertz CT molecular complexity index is 519. The summed E-state index contributed by atoms with van der Waals surface area (Å²) in [6, 6.07) is 3.11. The zero-order chi connectivity index (χ0) is 13.2. The molecule has 6 heteroatoms. The van der Waals surface area contributed by atoms with Gasteiger partial charge in [-0.25, -0.2) is 13.4 Å². The van der Waals surface area contributed by atoms with E-state index in [1.807, 2.05) is 0 Å². The van der Waals surface area contributed by atoms with Gasteiger partial charge in [-0.3, -0.25) is 0 Å². The van der Waals surface area contributed by atoms with Gasteiger partial charge < -0.3 is 0 Å². The van der Waals surface area contributed by atoms with Crippen molar-refractivity contribution in [3.8, 4) is 0 Å². The molecule has 4 nitrogen and oxygen atoms in total. The molecule has 0 N–H and O–H groups in total. The van der Waals surface area contributed by atoms with Gasteiger partial charge in [-0.15, -0.1) is 0 Å². The van der Waals surface area contributed by atoms with Crippen molar-refractivity contribution in [2.24, 2.45) is 5.92 Å². The third-order valence-electron chi connectivity index (χ3n) is 3.32. The van der Waals surface area contributed by atoms with Gasteiger partial charge in [-0.2, -0.15) is 4.31 Å². The lowest BCUT2D eigenvalue weighted by molar-refractivity contribution is 0.416. The van der Waals surface area contributed by atoms with Gasteiger partial charge in [0.05, 0.1) is 0 Å². The quantitative estimate of drug-likeness (QED) is 0.786. The van der Waals surface area contributed by atoms with Crippen LogP contribution >= 0.6 is 11.6 Å². The molecule has 1 fully saturated rings. The fraction of sp³-hybridized carbons (Fsp3) is 0.583. The zero-order valence-electron chi connectivity index (χ0n) is 10.3. The van der Waals surface area contributed by atoms with Crippen molar-refractivity contribution in [2.75, 3.05) is 13.1 Å². The molecule has 0 bridgehead atoms. The lowest BCUT2D eigenvalue weighted by atomic mass is 10.0. The lowest BCUT2D eigenvalue weighted by Crippen LogP contribution is -2.32. The molecule has 2 rings (SSSR count). The fourth-order valence-electron chi connectivity index (χ4n) is 2.18. The SMILES string of the molecule is CC1CCCN(S(=O)(=O)c2cccnc2Cl)CC1. The van der Waals surface area contributed by atoms with Crippen LogP contribution in [0.25, 0.3) is 0 Å². The second-order valence-corrected chi connectivity index (χ2v) is 7.00. The van der Waals surface area contributed by atoms with Crippen LogP contribution in [0.2, 0.25) is 5.15 Å². The van der Waals surface area contributed by atoms with Crippen LogP contribution in [0.15, 0.2) is 23.2 Å². The summed E-state index contributed by atoms with van der Waals surface area (Å²) in [5.41, 5.74) is 0. The van der Waals surface area contributed by atoms with E-state index in [0.29, 0.717) is 19.0 Å². The molecular formula is C12H17ClN2O2S. The minimum atomic E-state index is -3.50. The second-order valence-electron chi connectivity index (χ2n) is 4.73. The highest BCUT2D eigenvalue weighted by Gasteiger charge is 2.28. The maximum atomic E-state index is 12.5. The lowest BCUT2D eigenvalue weighted by Gasteiger charge is -2.20. The van der Waals surface area contributed by atoms with E-state index >= 15 is 0 Å². The molecule has 1 atom stereocenters. The van der Waals surface area contributed by atoms with E-state index < -0.39 is 10.0 Å². The summed E-state index contributed by atoms with van der Waals surface area (Å²) < 4.78 is 26.5. The van der Waals surface area contributed by atoms with Gasteiger partial charge in [0.15, 0.2) is 0 Å². The first-order chi connectivity index (χ1) is 8.51. The van der Waals surface area contributed by atoms with Crippen LogP contribution < -0.4 is 0 Å². The van der Waals surface area contributed by atoms with Crippen molar-refractivity contribution in [1.82, 2.24) is 9.29 Å². The summed E-state index contributed by atoms with van der Waals surface area (Å²) in [6.45, 7) is 3.29. The molecule has 1 aromatic rings. The highest BCUT2D eigenvalue weighted by molar-refractivity contribution is 7.89. The number of hydrogen-bond acceptors (Lipinski definition) is 3. The molecule has 2 heterocycles. The number of aromatic nitrogens is 1. The summed E-state index contributed by atoms with van der Waals surface area (Å²) in [5, 5.41) is 0.0507. The molecule has 18 heavy (non-hydrogen) atoms. The smallest absolute Gasteiger partial charge is 0.243 e. The molecular weight excluding hydrogens is 272 g/mol. The second kappa shape index (κ2) is 5.55. The van der Waals surface area contributed by atoms with Crippen molar-refractivity contribution in [3.05, 3.63) is 23.5 Å². The van der Waals surface area contributed by atoms with Crippen molar-refractivity contribution in [1.29, 1.82) is 0 Å². The monoisotopic (exact) mass is 288 g/mol. The fourth-order valence-corrected chi connectivity index (χ4v) is 4.10. The van der Waals surface area contributed by atoms with Crippen LogP contribution in [0.4, 0.5) is 0 Å². The molecule has 0 saturated carbocycles. The first-order valence-corrected chi connectivity index (χ1v) is 7.94. The Morgan fingerprint density at radius 2 is 2.17 bits per heavy atom. The first-order valence-electron chi connectivity index (χ1n) is 6.12. The van der Waals surface area contributed by atoms with Crippen LogP contribution in [-0.4, -0.2) is 30.8 Å². The van der Waals surface area contributed by atoms with E-state index in [1.54, 1.807) is 6.07 Å². The first kappa shape index (κ1) is 13.8. The average molecular weight is 289 g/mol. The number of rotatable bonds is 2. The number of nitrogens with zero attached hydrogens (tertiary/aromatic N) is 2. The molecule has 0 aromatic carbocycles. The van der Waals surface area contributed by atoms with Gasteiger partial charge in [-0.1, -0.05) is 18.5 Å². The molecule has 0 radical (unpaired) electrons. The Hall–Kier alpha value is -0.650. The Kier molecular flexibility index (Phi) is 4.25. The molecule has 0 amide bonds. The van der Waals surface area contributed by atoms with E-state index in [0.717, 1.165) is 19.3 Å². The number of halogens is 1. The largest absolute Gasteiger partial charge is 0.246 e. The van der Waals surface area contributed by atoms with Gasteiger partial charge >= 0.3 is 0 Å². The molecule has 1 unspecified atom stereocenters. The number of hydrogen-bond donors (Lipinski definition) is 0. The summed E-state index contributed by atoms with van der Waals surface area (Å²) in [7, 11) is -3.50. The van der Waals surface area contributed by atoms with Crippen LogP contribution in [0.1, 0.15) is 26.2 Å². The third kappa shape index (κ3) is 2.84. The molecule has 0 spiro atoms. The van der Waals surface area contributed by atoms with Gasteiger partial charge in [-0.05, 0) is 37.3 Å². The van der Waals surface area contributed by atoms with Crippen LogP contribution in [0.5, 0.6) is 0 Å². The standard InChI is InChI=1S/C12H17ClN2O2S/c1-10-4-3-8-15(9-6-10)18(16,17)11-5-2-7-14-12(11)13/h2,5,7,10H,3-4,6,8-9H2,1H3.